The molecule has 1 saturated carbocycles. The molecule has 1 aliphatic carbocycles. The van der Waals surface area contributed by atoms with Gasteiger partial charge in [0.2, 0.25) is 5.91 Å². The van der Waals surface area contributed by atoms with Crippen LogP contribution in [-0.4, -0.2) is 59.6 Å². The van der Waals surface area contributed by atoms with Crippen LogP contribution in [0.5, 0.6) is 0 Å². The number of amides is 1. The number of nitrogens with zero attached hydrogens (tertiary/aromatic N) is 2. The molecular weight excluding hydrogens is 204 g/mol. The summed E-state index contributed by atoms with van der Waals surface area (Å²) in [4.78, 5) is 16.0. The van der Waals surface area contributed by atoms with Crippen LogP contribution >= 0.6 is 0 Å². The normalized spacial score (nSPS) is 27.9. The summed E-state index contributed by atoms with van der Waals surface area (Å²) < 4.78 is 0. The van der Waals surface area contributed by atoms with Gasteiger partial charge < -0.3 is 10.0 Å². The Labute approximate surface area is 97.2 Å². The lowest BCUT2D eigenvalue weighted by atomic mass is 10.1. The second-order valence-electron chi connectivity index (χ2n) is 5.30. The molecule has 2 rings (SSSR count). The first-order valence-electron chi connectivity index (χ1n) is 6.22. The summed E-state index contributed by atoms with van der Waals surface area (Å²) >= 11 is 0. The van der Waals surface area contributed by atoms with E-state index in [-0.39, 0.29) is 18.4 Å². The first-order chi connectivity index (χ1) is 7.61. The van der Waals surface area contributed by atoms with Crippen molar-refractivity contribution in [1.29, 1.82) is 0 Å². The van der Waals surface area contributed by atoms with Crippen LogP contribution in [0, 0.1) is 5.92 Å². The number of hydrogen-bond acceptors (Lipinski definition) is 3. The predicted molar refractivity (Wildman–Crippen MR) is 62.0 cm³/mol. The molecule has 0 bridgehead atoms. The molecule has 1 aliphatic heterocycles. The Kier molecular flexibility index (Phi) is 3.50. The molecule has 16 heavy (non-hydrogen) atoms. The van der Waals surface area contributed by atoms with Crippen molar-refractivity contribution >= 4 is 5.91 Å². The van der Waals surface area contributed by atoms with Gasteiger partial charge in [0.1, 0.15) is 0 Å². The van der Waals surface area contributed by atoms with E-state index in [4.69, 9.17) is 5.11 Å². The number of aliphatic hydroxyl groups is 1. The van der Waals surface area contributed by atoms with Crippen molar-refractivity contribution in [1.82, 2.24) is 9.80 Å². The average molecular weight is 226 g/mol. The Balaban J connectivity index is 1.82. The number of hydrogen-bond donors (Lipinski definition) is 1. The molecular formula is C12H22N2O2. The van der Waals surface area contributed by atoms with Crippen LogP contribution in [0.2, 0.25) is 0 Å². The Morgan fingerprint density at radius 1 is 1.56 bits per heavy atom. The number of carbonyl (C=O) groups excluding carboxylic acids is 1. The third-order valence-corrected chi connectivity index (χ3v) is 3.86. The van der Waals surface area contributed by atoms with E-state index in [1.54, 1.807) is 0 Å². The highest BCUT2D eigenvalue weighted by Crippen LogP contribution is 2.27. The van der Waals surface area contributed by atoms with Gasteiger partial charge in [0.15, 0.2) is 0 Å². The van der Waals surface area contributed by atoms with Crippen LogP contribution in [-0.2, 0) is 4.79 Å². The maximum absolute atomic E-state index is 11.7. The van der Waals surface area contributed by atoms with Crippen LogP contribution < -0.4 is 0 Å². The summed E-state index contributed by atoms with van der Waals surface area (Å²) in [5.74, 6) is 0.362. The van der Waals surface area contributed by atoms with Crippen molar-refractivity contribution in [2.45, 2.75) is 38.3 Å². The molecule has 2 atom stereocenters. The largest absolute Gasteiger partial charge is 0.396 e. The minimum absolute atomic E-state index is 0.134. The van der Waals surface area contributed by atoms with Crippen molar-refractivity contribution in [2.24, 2.45) is 5.92 Å². The lowest BCUT2D eigenvalue weighted by Gasteiger charge is -2.28. The second kappa shape index (κ2) is 4.72. The molecule has 4 heteroatoms. The van der Waals surface area contributed by atoms with Gasteiger partial charge in [0.05, 0.1) is 0 Å². The third-order valence-electron chi connectivity index (χ3n) is 3.86. The number of aliphatic hydroxyl groups excluding tert-OH is 1. The molecule has 0 aromatic rings. The zero-order valence-electron chi connectivity index (χ0n) is 10.2. The highest BCUT2D eigenvalue weighted by molar-refractivity contribution is 5.78. The van der Waals surface area contributed by atoms with Crippen molar-refractivity contribution < 1.29 is 9.90 Å². The fourth-order valence-electron chi connectivity index (χ4n) is 2.44. The highest BCUT2D eigenvalue weighted by atomic mass is 16.3. The van der Waals surface area contributed by atoms with E-state index in [0.29, 0.717) is 12.5 Å². The van der Waals surface area contributed by atoms with Crippen LogP contribution in [0.15, 0.2) is 0 Å². The maximum atomic E-state index is 11.7. The van der Waals surface area contributed by atoms with Gasteiger partial charge in [-0.25, -0.2) is 0 Å². The number of likely N-dealkylation sites (tertiary alicyclic amines) is 1. The first-order valence-corrected chi connectivity index (χ1v) is 6.22. The Morgan fingerprint density at radius 3 is 2.75 bits per heavy atom. The summed E-state index contributed by atoms with van der Waals surface area (Å²) in [5.41, 5.74) is 0. The van der Waals surface area contributed by atoms with E-state index in [9.17, 15) is 4.79 Å². The van der Waals surface area contributed by atoms with Gasteiger partial charge in [-0.1, -0.05) is 0 Å². The lowest BCUT2D eigenvalue weighted by Crippen LogP contribution is -2.42. The standard InChI is InChI=1S/C12H22N2O2/c1-9(13(2)11-3-4-11)6-14-7-10(8-15)5-12(14)16/h9-11,15H,3-8H2,1-2H3. The molecule has 2 unspecified atom stereocenters. The van der Waals surface area contributed by atoms with Crippen molar-refractivity contribution in [3.05, 3.63) is 0 Å². The topological polar surface area (TPSA) is 43.8 Å². The zero-order valence-corrected chi connectivity index (χ0v) is 10.2. The molecule has 0 spiro atoms. The Hall–Kier alpha value is -0.610. The SMILES string of the molecule is CC(CN1CC(CO)CC1=O)N(C)C1CC1. The predicted octanol–water partition coefficient (Wildman–Crippen LogP) is 0.310. The maximum Gasteiger partial charge on any atom is 0.223 e. The lowest BCUT2D eigenvalue weighted by molar-refractivity contribution is -0.128. The van der Waals surface area contributed by atoms with Crippen molar-refractivity contribution in [3.63, 3.8) is 0 Å². The van der Waals surface area contributed by atoms with Gasteiger partial charge >= 0.3 is 0 Å². The van der Waals surface area contributed by atoms with E-state index < -0.39 is 0 Å². The molecule has 4 nitrogen and oxygen atoms in total. The van der Waals surface area contributed by atoms with Crippen LogP contribution in [0.3, 0.4) is 0 Å². The van der Waals surface area contributed by atoms with Crippen LogP contribution in [0.4, 0.5) is 0 Å². The van der Waals surface area contributed by atoms with E-state index in [0.717, 1.165) is 19.1 Å². The second-order valence-corrected chi connectivity index (χ2v) is 5.30. The number of rotatable bonds is 5. The molecule has 0 radical (unpaired) electrons. The van der Waals surface area contributed by atoms with Gasteiger partial charge in [-0.15, -0.1) is 0 Å². The molecule has 1 amide bonds. The molecule has 2 aliphatic rings. The molecule has 0 aromatic carbocycles. The fourth-order valence-corrected chi connectivity index (χ4v) is 2.44. The third kappa shape index (κ3) is 2.55. The van der Waals surface area contributed by atoms with E-state index in [2.05, 4.69) is 18.9 Å². The minimum Gasteiger partial charge on any atom is -0.396 e. The minimum atomic E-state index is 0.134. The van der Waals surface area contributed by atoms with Gasteiger partial charge in [0, 0.05) is 44.1 Å². The molecule has 92 valence electrons. The molecule has 0 aromatic heterocycles. The van der Waals surface area contributed by atoms with Crippen molar-refractivity contribution in [3.8, 4) is 0 Å². The van der Waals surface area contributed by atoms with Gasteiger partial charge in [-0.05, 0) is 26.8 Å². The van der Waals surface area contributed by atoms with Crippen molar-refractivity contribution in [2.75, 3.05) is 26.7 Å². The molecule has 1 saturated heterocycles. The highest BCUT2D eigenvalue weighted by Gasteiger charge is 2.33. The number of carbonyl (C=O) groups is 1. The summed E-state index contributed by atoms with van der Waals surface area (Å²) in [6, 6.07) is 1.16. The summed E-state index contributed by atoms with van der Waals surface area (Å²) in [6.45, 7) is 3.85. The van der Waals surface area contributed by atoms with E-state index in [1.165, 1.54) is 12.8 Å². The van der Waals surface area contributed by atoms with Gasteiger partial charge in [0.25, 0.3) is 0 Å². The molecule has 1 N–H and O–H groups in total. The van der Waals surface area contributed by atoms with E-state index >= 15 is 0 Å². The molecule has 2 fully saturated rings. The van der Waals surface area contributed by atoms with Gasteiger partial charge in [-0.2, -0.15) is 0 Å². The molecule has 1 heterocycles. The smallest absolute Gasteiger partial charge is 0.223 e. The van der Waals surface area contributed by atoms with E-state index in [1.807, 2.05) is 4.90 Å². The van der Waals surface area contributed by atoms with Crippen LogP contribution in [0.1, 0.15) is 26.2 Å². The Bertz CT molecular complexity index is 266. The Morgan fingerprint density at radius 2 is 2.25 bits per heavy atom. The summed E-state index contributed by atoms with van der Waals surface area (Å²) in [5, 5.41) is 9.05. The first kappa shape index (κ1) is 11.9. The zero-order chi connectivity index (χ0) is 11.7. The fraction of sp³-hybridized carbons (Fsp3) is 0.917. The average Bonchev–Trinajstić information content (AvgIpc) is 3.04. The monoisotopic (exact) mass is 226 g/mol. The summed E-state index contributed by atoms with van der Waals surface area (Å²) in [7, 11) is 2.15. The summed E-state index contributed by atoms with van der Waals surface area (Å²) in [6.07, 6.45) is 3.12. The quantitative estimate of drug-likeness (QED) is 0.734. The number of likely N-dealkylation sites (N-methyl/N-ethyl adjacent to an activating group) is 1. The van der Waals surface area contributed by atoms with Crippen LogP contribution in [0.25, 0.3) is 0 Å². The van der Waals surface area contributed by atoms with Gasteiger partial charge in [-0.3, -0.25) is 9.69 Å².